The fourth-order valence-electron chi connectivity index (χ4n) is 5.50. The number of aromatic nitrogens is 1. The van der Waals surface area contributed by atoms with Crippen molar-refractivity contribution in [1.29, 1.82) is 0 Å². The highest BCUT2D eigenvalue weighted by molar-refractivity contribution is 5.96. The summed E-state index contributed by atoms with van der Waals surface area (Å²) in [6, 6.07) is 24.4. The quantitative estimate of drug-likeness (QED) is 0.138. The van der Waals surface area contributed by atoms with Crippen LogP contribution in [0.2, 0.25) is 0 Å². The van der Waals surface area contributed by atoms with Crippen molar-refractivity contribution in [2.75, 3.05) is 52.3 Å². The molecule has 3 aromatic carbocycles. The molecule has 1 N–H and O–H groups in total. The van der Waals surface area contributed by atoms with E-state index in [-0.39, 0.29) is 18.4 Å². The second kappa shape index (κ2) is 16.7. The molecule has 2 amide bonds. The molecule has 0 fully saturated rings. The van der Waals surface area contributed by atoms with Crippen molar-refractivity contribution in [3.05, 3.63) is 101 Å². The lowest BCUT2D eigenvalue weighted by Gasteiger charge is -2.28. The predicted molar refractivity (Wildman–Crippen MR) is 180 cm³/mol. The van der Waals surface area contributed by atoms with Gasteiger partial charge in [-0.25, -0.2) is 0 Å². The third-order valence-electron chi connectivity index (χ3n) is 8.16. The van der Waals surface area contributed by atoms with Crippen molar-refractivity contribution >= 4 is 28.4 Å². The summed E-state index contributed by atoms with van der Waals surface area (Å²) in [6.07, 6.45) is 7.95. The number of nitrogens with zero attached hydrogens (tertiary/aromatic N) is 3. The number of ether oxygens (including phenoxy) is 1. The molecule has 0 aliphatic heterocycles. The van der Waals surface area contributed by atoms with Gasteiger partial charge in [0.15, 0.2) is 0 Å². The number of hydrogen-bond acceptors (Lipinski definition) is 4. The van der Waals surface area contributed by atoms with Crippen molar-refractivity contribution in [2.45, 2.75) is 52.0 Å². The Labute approximate surface area is 262 Å². The molecular weight excluding hydrogens is 548 g/mol. The zero-order valence-electron chi connectivity index (χ0n) is 26.9. The summed E-state index contributed by atoms with van der Waals surface area (Å²) >= 11 is 0. The van der Waals surface area contributed by atoms with Crippen LogP contribution in [0, 0.1) is 0 Å². The van der Waals surface area contributed by atoms with Crippen LogP contribution >= 0.6 is 0 Å². The van der Waals surface area contributed by atoms with Gasteiger partial charge in [-0.2, -0.15) is 0 Å². The Balaban J connectivity index is 1.52. The molecule has 0 saturated carbocycles. The standard InChI is InChI=1S/C37H48N4O3/c1-5-6-7-11-29-14-18-31(19-15-29)37(43)41(23-10-25-44-4)28-36(42)40(27-30-16-20-33(21-17-30)39(2)3)24-22-32-26-38-35-13-9-8-12-34(32)35/h8-9,12-21,26,38H,5-7,10-11,22-25,27-28H2,1-4H3. The number of fused-ring (bicyclic) bond motifs is 1. The molecule has 234 valence electrons. The Morgan fingerprint density at radius 3 is 2.23 bits per heavy atom. The summed E-state index contributed by atoms with van der Waals surface area (Å²) in [6.45, 7) is 4.21. The molecule has 4 aromatic rings. The number of methoxy groups -OCH3 is 1. The average molecular weight is 597 g/mol. The number of aromatic amines is 1. The van der Waals surface area contributed by atoms with Crippen molar-refractivity contribution < 1.29 is 14.3 Å². The van der Waals surface area contributed by atoms with E-state index >= 15 is 0 Å². The molecule has 0 saturated heterocycles. The SMILES string of the molecule is CCCCCc1ccc(C(=O)N(CCCOC)CC(=O)N(CCc2c[nH]c3ccccc23)Cc2ccc(N(C)C)cc2)cc1. The number of carbonyl (C=O) groups excluding carboxylic acids is 2. The van der Waals surface area contributed by atoms with E-state index in [4.69, 9.17) is 4.74 Å². The van der Waals surface area contributed by atoms with Gasteiger partial charge >= 0.3 is 0 Å². The van der Waals surface area contributed by atoms with Crippen molar-refractivity contribution in [3.8, 4) is 0 Å². The van der Waals surface area contributed by atoms with Crippen LogP contribution in [-0.4, -0.2) is 74.0 Å². The van der Waals surface area contributed by atoms with Gasteiger partial charge in [-0.3, -0.25) is 9.59 Å². The number of hydrogen-bond donors (Lipinski definition) is 1. The van der Waals surface area contributed by atoms with Gasteiger partial charge in [-0.15, -0.1) is 0 Å². The number of para-hydroxylation sites is 1. The third kappa shape index (κ3) is 9.20. The van der Waals surface area contributed by atoms with Crippen molar-refractivity contribution in [1.82, 2.24) is 14.8 Å². The summed E-state index contributed by atoms with van der Waals surface area (Å²) in [5.41, 5.74) is 6.27. The predicted octanol–water partition coefficient (Wildman–Crippen LogP) is 6.72. The van der Waals surface area contributed by atoms with Gasteiger partial charge in [0.2, 0.25) is 5.91 Å². The number of H-pyrrole nitrogens is 1. The molecule has 0 bridgehead atoms. The molecule has 4 rings (SSSR count). The van der Waals surface area contributed by atoms with Gasteiger partial charge in [0, 0.05) is 75.8 Å². The van der Waals surface area contributed by atoms with E-state index in [1.807, 2.05) is 61.6 Å². The minimum absolute atomic E-state index is 0.0183. The number of anilines is 1. The maximum absolute atomic E-state index is 14.0. The normalized spacial score (nSPS) is 11.1. The minimum Gasteiger partial charge on any atom is -0.385 e. The zero-order chi connectivity index (χ0) is 31.3. The minimum atomic E-state index is -0.124. The monoisotopic (exact) mass is 596 g/mol. The Hall–Kier alpha value is -4.10. The van der Waals surface area contributed by atoms with Crippen LogP contribution in [-0.2, 0) is 28.9 Å². The number of nitrogens with one attached hydrogen (secondary N) is 1. The van der Waals surface area contributed by atoms with Crippen molar-refractivity contribution in [3.63, 3.8) is 0 Å². The van der Waals surface area contributed by atoms with E-state index in [9.17, 15) is 9.59 Å². The lowest BCUT2D eigenvalue weighted by Crippen LogP contribution is -2.44. The van der Waals surface area contributed by atoms with Gasteiger partial charge in [0.25, 0.3) is 5.91 Å². The maximum atomic E-state index is 14.0. The molecule has 0 radical (unpaired) electrons. The highest BCUT2D eigenvalue weighted by atomic mass is 16.5. The Morgan fingerprint density at radius 1 is 0.795 bits per heavy atom. The van der Waals surface area contributed by atoms with E-state index in [1.165, 1.54) is 29.4 Å². The number of amides is 2. The molecule has 7 nitrogen and oxygen atoms in total. The Bertz CT molecular complexity index is 1460. The number of unbranched alkanes of at least 4 members (excludes halogenated alkanes) is 2. The van der Waals surface area contributed by atoms with Crippen LogP contribution in [0.5, 0.6) is 0 Å². The first-order valence-electron chi connectivity index (χ1n) is 15.9. The molecule has 0 aliphatic carbocycles. The molecular formula is C37H48N4O3. The molecule has 0 atom stereocenters. The molecule has 0 spiro atoms. The van der Waals surface area contributed by atoms with E-state index in [2.05, 4.69) is 53.2 Å². The number of rotatable bonds is 17. The van der Waals surface area contributed by atoms with Gasteiger partial charge in [0.05, 0.1) is 0 Å². The molecule has 1 aromatic heterocycles. The molecule has 44 heavy (non-hydrogen) atoms. The molecule has 0 unspecified atom stereocenters. The van der Waals surface area contributed by atoms with Crippen LogP contribution in [0.15, 0.2) is 79.0 Å². The Kier molecular flexibility index (Phi) is 12.4. The smallest absolute Gasteiger partial charge is 0.254 e. The molecule has 0 aliphatic rings. The van der Waals surface area contributed by atoms with E-state index in [0.717, 1.165) is 29.6 Å². The Morgan fingerprint density at radius 2 is 1.52 bits per heavy atom. The third-order valence-corrected chi connectivity index (χ3v) is 8.16. The second-order valence-electron chi connectivity index (χ2n) is 11.7. The summed E-state index contributed by atoms with van der Waals surface area (Å²) in [5.74, 6) is -0.190. The van der Waals surface area contributed by atoms with E-state index in [0.29, 0.717) is 44.6 Å². The highest BCUT2D eigenvalue weighted by Crippen LogP contribution is 2.20. The fraction of sp³-hybridized carbons (Fsp3) is 0.405. The second-order valence-corrected chi connectivity index (χ2v) is 11.7. The lowest BCUT2D eigenvalue weighted by molar-refractivity contribution is -0.132. The first-order valence-corrected chi connectivity index (χ1v) is 15.9. The van der Waals surface area contributed by atoms with Crippen LogP contribution < -0.4 is 4.90 Å². The van der Waals surface area contributed by atoms with Crippen molar-refractivity contribution in [2.24, 2.45) is 0 Å². The van der Waals surface area contributed by atoms with Crippen LogP contribution in [0.1, 0.15) is 59.7 Å². The zero-order valence-corrected chi connectivity index (χ0v) is 26.9. The first-order chi connectivity index (χ1) is 21.4. The maximum Gasteiger partial charge on any atom is 0.254 e. The lowest BCUT2D eigenvalue weighted by atomic mass is 10.0. The van der Waals surface area contributed by atoms with Crippen LogP contribution in [0.25, 0.3) is 10.9 Å². The van der Waals surface area contributed by atoms with E-state index in [1.54, 1.807) is 12.0 Å². The molecule has 1 heterocycles. The van der Waals surface area contributed by atoms with Gasteiger partial charge in [-0.05, 0) is 72.7 Å². The largest absolute Gasteiger partial charge is 0.385 e. The van der Waals surface area contributed by atoms with E-state index < -0.39 is 0 Å². The van der Waals surface area contributed by atoms with Crippen LogP contribution in [0.4, 0.5) is 5.69 Å². The fourth-order valence-corrected chi connectivity index (χ4v) is 5.50. The summed E-state index contributed by atoms with van der Waals surface area (Å²) in [5, 5.41) is 1.17. The summed E-state index contributed by atoms with van der Waals surface area (Å²) in [7, 11) is 5.69. The first kappa shape index (κ1) is 32.8. The van der Waals surface area contributed by atoms with Gasteiger partial charge in [-0.1, -0.05) is 62.2 Å². The topological polar surface area (TPSA) is 68.9 Å². The average Bonchev–Trinajstić information content (AvgIpc) is 3.46. The summed E-state index contributed by atoms with van der Waals surface area (Å²) < 4.78 is 5.27. The van der Waals surface area contributed by atoms with Crippen LogP contribution in [0.3, 0.4) is 0 Å². The number of benzene rings is 3. The molecule has 7 heteroatoms. The number of aryl methyl sites for hydroxylation is 1. The highest BCUT2D eigenvalue weighted by Gasteiger charge is 2.23. The number of carbonyl (C=O) groups is 2. The van der Waals surface area contributed by atoms with Gasteiger partial charge in [0.1, 0.15) is 6.54 Å². The van der Waals surface area contributed by atoms with Gasteiger partial charge < -0.3 is 24.4 Å². The summed E-state index contributed by atoms with van der Waals surface area (Å²) in [4.78, 5) is 36.7.